The summed E-state index contributed by atoms with van der Waals surface area (Å²) >= 11 is 0. The highest BCUT2D eigenvalue weighted by molar-refractivity contribution is 7.58. The Kier molecular flexibility index (Phi) is 5.79. The molecule has 1 unspecified atom stereocenters. The number of unbranched alkanes of at least 4 members (excludes halogenated alkanes) is 1. The summed E-state index contributed by atoms with van der Waals surface area (Å²) in [5, 5.41) is 0. The zero-order valence-corrected chi connectivity index (χ0v) is 11.1. The van der Waals surface area contributed by atoms with Gasteiger partial charge >= 0.3 is 0 Å². The maximum absolute atomic E-state index is 12.0. The highest BCUT2D eigenvalue weighted by Gasteiger charge is 2.15. The largest absolute Gasteiger partial charge is 0.329 e. The molecule has 0 aromatic heterocycles. The average Bonchev–Trinajstić information content (AvgIpc) is 2.28. The van der Waals surface area contributed by atoms with Gasteiger partial charge in [0.25, 0.3) is 0 Å². The highest BCUT2D eigenvalue weighted by atomic mass is 31.2. The minimum Gasteiger partial charge on any atom is -0.329 e. The van der Waals surface area contributed by atoms with Gasteiger partial charge in [-0.1, -0.05) is 43.7 Å². The Bertz CT molecular complexity index is 335. The molecular formula is C13H21O2P. The third-order valence-electron chi connectivity index (χ3n) is 2.51. The van der Waals surface area contributed by atoms with E-state index in [0.717, 1.165) is 19.3 Å². The van der Waals surface area contributed by atoms with Crippen molar-refractivity contribution in [3.05, 3.63) is 35.9 Å². The number of hydrogen-bond acceptors (Lipinski definition) is 2. The van der Waals surface area contributed by atoms with Gasteiger partial charge in [-0.3, -0.25) is 4.57 Å². The second-order valence-electron chi connectivity index (χ2n) is 4.16. The van der Waals surface area contributed by atoms with Crippen LogP contribution in [0.4, 0.5) is 0 Å². The SMILES string of the molecule is CCCCOP(C)(=O)CCc1ccccc1. The van der Waals surface area contributed by atoms with Gasteiger partial charge in [-0.05, 0) is 18.4 Å². The van der Waals surface area contributed by atoms with Crippen molar-refractivity contribution in [1.29, 1.82) is 0 Å². The van der Waals surface area contributed by atoms with Crippen molar-refractivity contribution in [2.24, 2.45) is 0 Å². The van der Waals surface area contributed by atoms with Crippen LogP contribution in [-0.2, 0) is 15.5 Å². The van der Waals surface area contributed by atoms with E-state index in [1.165, 1.54) is 5.56 Å². The first kappa shape index (κ1) is 13.5. The highest BCUT2D eigenvalue weighted by Crippen LogP contribution is 2.42. The molecule has 0 aliphatic heterocycles. The molecule has 0 aliphatic rings. The molecule has 1 rings (SSSR count). The molecule has 16 heavy (non-hydrogen) atoms. The summed E-state index contributed by atoms with van der Waals surface area (Å²) in [4.78, 5) is 0. The molecule has 0 heterocycles. The molecule has 0 N–H and O–H groups in total. The maximum Gasteiger partial charge on any atom is 0.200 e. The van der Waals surface area contributed by atoms with Crippen molar-refractivity contribution in [2.75, 3.05) is 19.4 Å². The van der Waals surface area contributed by atoms with Crippen LogP contribution >= 0.6 is 7.37 Å². The van der Waals surface area contributed by atoms with Gasteiger partial charge in [0.15, 0.2) is 0 Å². The van der Waals surface area contributed by atoms with E-state index in [1.54, 1.807) is 6.66 Å². The van der Waals surface area contributed by atoms with Gasteiger partial charge in [-0.25, -0.2) is 0 Å². The summed E-state index contributed by atoms with van der Waals surface area (Å²) in [6, 6.07) is 10.1. The number of benzene rings is 1. The predicted molar refractivity (Wildman–Crippen MR) is 69.4 cm³/mol. The molecule has 1 atom stereocenters. The van der Waals surface area contributed by atoms with Crippen LogP contribution in [0.2, 0.25) is 0 Å². The minimum atomic E-state index is -2.39. The smallest absolute Gasteiger partial charge is 0.200 e. The van der Waals surface area contributed by atoms with E-state index in [-0.39, 0.29) is 0 Å². The zero-order valence-electron chi connectivity index (χ0n) is 10.2. The molecule has 3 heteroatoms. The Morgan fingerprint density at radius 3 is 2.56 bits per heavy atom. The molecule has 0 amide bonds. The van der Waals surface area contributed by atoms with Crippen molar-refractivity contribution in [3.8, 4) is 0 Å². The first-order valence-corrected chi connectivity index (χ1v) is 8.15. The lowest BCUT2D eigenvalue weighted by molar-refractivity contribution is 0.309. The van der Waals surface area contributed by atoms with E-state index in [4.69, 9.17) is 4.52 Å². The predicted octanol–water partition coefficient (Wildman–Crippen LogP) is 3.95. The van der Waals surface area contributed by atoms with Gasteiger partial charge in [-0.15, -0.1) is 0 Å². The van der Waals surface area contributed by atoms with Crippen molar-refractivity contribution < 1.29 is 9.09 Å². The minimum absolute atomic E-state index is 0.624. The lowest BCUT2D eigenvalue weighted by Crippen LogP contribution is -1.99. The van der Waals surface area contributed by atoms with E-state index < -0.39 is 7.37 Å². The molecule has 1 aromatic carbocycles. The molecule has 0 spiro atoms. The second kappa shape index (κ2) is 6.88. The van der Waals surface area contributed by atoms with Gasteiger partial charge < -0.3 is 4.52 Å². The van der Waals surface area contributed by atoms with Gasteiger partial charge in [-0.2, -0.15) is 0 Å². The summed E-state index contributed by atoms with van der Waals surface area (Å²) < 4.78 is 17.5. The Hall–Kier alpha value is -0.590. The fourth-order valence-corrected chi connectivity index (χ4v) is 2.75. The molecule has 2 nitrogen and oxygen atoms in total. The lowest BCUT2D eigenvalue weighted by Gasteiger charge is -2.13. The van der Waals surface area contributed by atoms with E-state index in [2.05, 4.69) is 19.1 Å². The molecule has 0 aliphatic carbocycles. The van der Waals surface area contributed by atoms with E-state index in [9.17, 15) is 4.57 Å². The monoisotopic (exact) mass is 240 g/mol. The molecule has 1 aromatic rings. The standard InChI is InChI=1S/C13H21O2P/c1-3-4-11-15-16(2,14)12-10-13-8-6-5-7-9-13/h5-9H,3-4,10-12H2,1-2H3. The van der Waals surface area contributed by atoms with E-state index in [0.29, 0.717) is 12.8 Å². The molecule has 0 bridgehead atoms. The molecule has 0 saturated heterocycles. The maximum atomic E-state index is 12.0. The quantitative estimate of drug-likeness (QED) is 0.532. The van der Waals surface area contributed by atoms with Crippen molar-refractivity contribution >= 4 is 7.37 Å². The van der Waals surface area contributed by atoms with Crippen LogP contribution in [-0.4, -0.2) is 19.4 Å². The van der Waals surface area contributed by atoms with Crippen molar-refractivity contribution in [3.63, 3.8) is 0 Å². The normalized spacial score (nSPS) is 14.6. The third kappa shape index (κ3) is 5.48. The van der Waals surface area contributed by atoms with Crippen molar-refractivity contribution in [1.82, 2.24) is 0 Å². The Labute approximate surface area is 98.5 Å². The van der Waals surface area contributed by atoms with Crippen LogP contribution in [0.15, 0.2) is 30.3 Å². The first-order chi connectivity index (χ1) is 7.64. The summed E-state index contributed by atoms with van der Waals surface area (Å²) in [5.74, 6) is 0. The fourth-order valence-electron chi connectivity index (χ4n) is 1.44. The van der Waals surface area contributed by atoms with Crippen LogP contribution in [0.25, 0.3) is 0 Å². The van der Waals surface area contributed by atoms with Crippen LogP contribution in [0.1, 0.15) is 25.3 Å². The van der Waals surface area contributed by atoms with Gasteiger partial charge in [0.05, 0.1) is 6.61 Å². The first-order valence-electron chi connectivity index (χ1n) is 5.89. The molecule has 90 valence electrons. The zero-order chi connectivity index (χ0) is 11.9. The topological polar surface area (TPSA) is 26.3 Å². The number of aryl methyl sites for hydroxylation is 1. The number of hydrogen-bond donors (Lipinski definition) is 0. The van der Waals surface area contributed by atoms with Gasteiger partial charge in [0.2, 0.25) is 7.37 Å². The summed E-state index contributed by atoms with van der Waals surface area (Å²) in [6.45, 7) is 4.47. The third-order valence-corrected chi connectivity index (χ3v) is 4.28. The summed E-state index contributed by atoms with van der Waals surface area (Å²) in [6.07, 6.45) is 3.54. The van der Waals surface area contributed by atoms with Gasteiger partial charge in [0.1, 0.15) is 0 Å². The summed E-state index contributed by atoms with van der Waals surface area (Å²) in [5.41, 5.74) is 1.23. The van der Waals surface area contributed by atoms with Crippen LogP contribution in [0, 0.1) is 0 Å². The van der Waals surface area contributed by atoms with E-state index >= 15 is 0 Å². The Balaban J connectivity index is 2.33. The molecule has 0 saturated carbocycles. The van der Waals surface area contributed by atoms with E-state index in [1.807, 2.05) is 18.2 Å². The molecular weight excluding hydrogens is 219 g/mol. The van der Waals surface area contributed by atoms with Crippen molar-refractivity contribution in [2.45, 2.75) is 26.2 Å². The van der Waals surface area contributed by atoms with Crippen LogP contribution in [0.5, 0.6) is 0 Å². The van der Waals surface area contributed by atoms with Crippen LogP contribution in [0.3, 0.4) is 0 Å². The average molecular weight is 240 g/mol. The Morgan fingerprint density at radius 1 is 1.25 bits per heavy atom. The molecule has 0 radical (unpaired) electrons. The number of rotatable bonds is 7. The Morgan fingerprint density at radius 2 is 1.94 bits per heavy atom. The summed E-state index contributed by atoms with van der Waals surface area (Å²) in [7, 11) is -2.39. The van der Waals surface area contributed by atoms with Crippen LogP contribution < -0.4 is 0 Å². The second-order valence-corrected chi connectivity index (χ2v) is 6.89. The van der Waals surface area contributed by atoms with Gasteiger partial charge in [0, 0.05) is 12.8 Å². The molecule has 0 fully saturated rings. The lowest BCUT2D eigenvalue weighted by atomic mass is 10.2. The fraction of sp³-hybridized carbons (Fsp3) is 0.538.